The molecule has 1 aliphatic carbocycles. The summed E-state index contributed by atoms with van der Waals surface area (Å²) < 4.78 is 0. The number of rotatable bonds is 2. The van der Waals surface area contributed by atoms with Crippen molar-refractivity contribution in [2.45, 2.75) is 12.8 Å². The van der Waals surface area contributed by atoms with Crippen molar-refractivity contribution in [3.05, 3.63) is 150 Å². The highest BCUT2D eigenvalue weighted by Gasteiger charge is 2.23. The van der Waals surface area contributed by atoms with Crippen LogP contribution in [0.5, 0.6) is 0 Å². The van der Waals surface area contributed by atoms with Gasteiger partial charge in [0.2, 0.25) is 0 Å². The average molecular weight is 489 g/mol. The molecule has 0 spiro atoms. The van der Waals surface area contributed by atoms with Crippen LogP contribution in [0.3, 0.4) is 0 Å². The maximum atomic E-state index is 3.60. The van der Waals surface area contributed by atoms with Gasteiger partial charge in [0.1, 0.15) is 0 Å². The molecule has 38 heavy (non-hydrogen) atoms. The molecule has 0 saturated carbocycles. The molecule has 0 bridgehead atoms. The number of fused-ring (bicyclic) bond motifs is 4. The van der Waals surface area contributed by atoms with Gasteiger partial charge in [0.15, 0.2) is 0 Å². The number of nitrogens with one attached hydrogen (secondary N) is 1. The lowest BCUT2D eigenvalue weighted by molar-refractivity contribution is 0.988. The lowest BCUT2D eigenvalue weighted by Gasteiger charge is -2.31. The smallest absolute Gasteiger partial charge is 0.0541 e. The van der Waals surface area contributed by atoms with E-state index in [1.54, 1.807) is 0 Å². The molecule has 1 heterocycles. The fourth-order valence-corrected chi connectivity index (χ4v) is 5.64. The van der Waals surface area contributed by atoms with E-state index in [4.69, 9.17) is 0 Å². The summed E-state index contributed by atoms with van der Waals surface area (Å²) in [5.74, 6) is 0. The molecule has 2 nitrogen and oxygen atoms in total. The molecular formula is C36H28N2. The Morgan fingerprint density at radius 2 is 1.32 bits per heavy atom. The molecule has 0 saturated heterocycles. The number of hydrogen-bond acceptors (Lipinski definition) is 2. The first-order valence-corrected chi connectivity index (χ1v) is 13.3. The van der Waals surface area contributed by atoms with Crippen LogP contribution < -0.4 is 10.2 Å². The minimum Gasteiger partial charge on any atom is -0.361 e. The van der Waals surface area contributed by atoms with E-state index < -0.39 is 0 Å². The van der Waals surface area contributed by atoms with Crippen LogP contribution in [0.25, 0.3) is 33.5 Å². The van der Waals surface area contributed by atoms with Crippen LogP contribution in [0.1, 0.15) is 24.0 Å². The van der Waals surface area contributed by atoms with Gasteiger partial charge >= 0.3 is 0 Å². The molecule has 2 aliphatic rings. The van der Waals surface area contributed by atoms with E-state index in [1.165, 1.54) is 50.0 Å². The summed E-state index contributed by atoms with van der Waals surface area (Å²) in [6.07, 6.45) is 10.8. The van der Waals surface area contributed by atoms with Gasteiger partial charge in [-0.15, -0.1) is 0 Å². The van der Waals surface area contributed by atoms with Crippen LogP contribution in [0.4, 0.5) is 17.1 Å². The summed E-state index contributed by atoms with van der Waals surface area (Å²) in [4.78, 5) is 2.43. The van der Waals surface area contributed by atoms with E-state index in [2.05, 4.69) is 150 Å². The fourth-order valence-electron chi connectivity index (χ4n) is 5.64. The van der Waals surface area contributed by atoms with Gasteiger partial charge in [0.05, 0.1) is 11.4 Å². The Bertz CT molecular complexity index is 1720. The molecule has 5 aromatic rings. The summed E-state index contributed by atoms with van der Waals surface area (Å²) in [7, 11) is 0. The van der Waals surface area contributed by atoms with Crippen molar-refractivity contribution in [3.8, 4) is 11.1 Å². The number of hydrogen-bond donors (Lipinski definition) is 1. The van der Waals surface area contributed by atoms with Gasteiger partial charge in [-0.05, 0) is 82.8 Å². The van der Waals surface area contributed by atoms with E-state index in [0.717, 1.165) is 24.2 Å². The van der Waals surface area contributed by atoms with Crippen molar-refractivity contribution in [3.63, 3.8) is 0 Å². The molecule has 5 aromatic carbocycles. The first-order valence-electron chi connectivity index (χ1n) is 13.3. The standard InChI is InChI=1S/C36H28N2/c1-2-10-26(11-3-1)27-18-20-31(21-19-27)38-35-17-9-7-15-33(35)32-14-6-8-16-34(32)37-23-22-30-24-28-12-4-5-13-29(28)25-36(30)38/h1-5,7-13,15-25,37H,6,14H2/b23-22+. The number of nitrogens with zero attached hydrogens (tertiary/aromatic N) is 1. The maximum Gasteiger partial charge on any atom is 0.0541 e. The second kappa shape index (κ2) is 9.57. The van der Waals surface area contributed by atoms with Gasteiger partial charge in [0.25, 0.3) is 0 Å². The molecule has 2 heteroatoms. The highest BCUT2D eigenvalue weighted by molar-refractivity contribution is 5.96. The Morgan fingerprint density at radius 3 is 2.16 bits per heavy atom. The van der Waals surface area contributed by atoms with Crippen molar-refractivity contribution < 1.29 is 0 Å². The minimum absolute atomic E-state index is 1.01. The van der Waals surface area contributed by atoms with Gasteiger partial charge in [-0.1, -0.05) is 91.0 Å². The Morgan fingerprint density at radius 1 is 0.605 bits per heavy atom. The number of benzene rings is 5. The Labute approximate surface area is 223 Å². The third-order valence-corrected chi connectivity index (χ3v) is 7.51. The van der Waals surface area contributed by atoms with Crippen molar-refractivity contribution >= 4 is 39.5 Å². The van der Waals surface area contributed by atoms with E-state index in [0.29, 0.717) is 0 Å². The summed E-state index contributed by atoms with van der Waals surface area (Å²) in [5, 5.41) is 6.06. The van der Waals surface area contributed by atoms with Gasteiger partial charge in [-0.3, -0.25) is 0 Å². The fraction of sp³-hybridized carbons (Fsp3) is 0.0556. The number of para-hydroxylation sites is 1. The summed E-state index contributed by atoms with van der Waals surface area (Å²) >= 11 is 0. The Kier molecular flexibility index (Phi) is 5.64. The van der Waals surface area contributed by atoms with Crippen molar-refractivity contribution in [2.24, 2.45) is 0 Å². The maximum absolute atomic E-state index is 3.60. The van der Waals surface area contributed by atoms with Gasteiger partial charge < -0.3 is 10.2 Å². The molecule has 7 rings (SSSR count). The van der Waals surface area contributed by atoms with Crippen molar-refractivity contribution in [1.82, 2.24) is 5.32 Å². The molecule has 1 N–H and O–H groups in total. The highest BCUT2D eigenvalue weighted by atomic mass is 15.1. The molecular weight excluding hydrogens is 460 g/mol. The topological polar surface area (TPSA) is 15.3 Å². The van der Waals surface area contributed by atoms with Crippen molar-refractivity contribution in [2.75, 3.05) is 4.90 Å². The van der Waals surface area contributed by atoms with Crippen LogP contribution >= 0.6 is 0 Å². The molecule has 0 fully saturated rings. The SMILES string of the molecule is C1=CC2=C(CC1)c1ccccc1N(c1ccc(-c3ccccc3)cc1)c1cc3ccccc3cc1/C=C/N2. The molecule has 1 aliphatic heterocycles. The zero-order chi connectivity index (χ0) is 25.3. The molecule has 0 amide bonds. The van der Waals surface area contributed by atoms with E-state index >= 15 is 0 Å². The average Bonchev–Trinajstić information content (AvgIpc) is 2.99. The zero-order valence-electron chi connectivity index (χ0n) is 21.1. The van der Waals surface area contributed by atoms with Crippen LogP contribution in [0, 0.1) is 0 Å². The number of allylic oxidation sites excluding steroid dienone is 3. The van der Waals surface area contributed by atoms with Crippen LogP contribution in [-0.4, -0.2) is 0 Å². The second-order valence-electron chi connectivity index (χ2n) is 9.83. The van der Waals surface area contributed by atoms with E-state index in [9.17, 15) is 0 Å². The summed E-state index contributed by atoms with van der Waals surface area (Å²) in [5.41, 5.74) is 10.9. The van der Waals surface area contributed by atoms with Crippen LogP contribution in [0.15, 0.2) is 139 Å². The molecule has 0 aromatic heterocycles. The second-order valence-corrected chi connectivity index (χ2v) is 9.83. The van der Waals surface area contributed by atoms with Gasteiger partial charge in [-0.2, -0.15) is 0 Å². The predicted molar refractivity (Wildman–Crippen MR) is 162 cm³/mol. The molecule has 0 unspecified atom stereocenters. The third-order valence-electron chi connectivity index (χ3n) is 7.51. The van der Waals surface area contributed by atoms with Gasteiger partial charge in [0, 0.05) is 28.7 Å². The summed E-state index contributed by atoms with van der Waals surface area (Å²) in [6, 6.07) is 41.6. The lowest BCUT2D eigenvalue weighted by atomic mass is 9.92. The number of anilines is 3. The lowest BCUT2D eigenvalue weighted by Crippen LogP contribution is -2.16. The predicted octanol–water partition coefficient (Wildman–Crippen LogP) is 9.61. The van der Waals surface area contributed by atoms with E-state index in [1.807, 2.05) is 0 Å². The van der Waals surface area contributed by atoms with Crippen LogP contribution in [0.2, 0.25) is 0 Å². The molecule has 0 atom stereocenters. The zero-order valence-corrected chi connectivity index (χ0v) is 21.1. The summed E-state index contributed by atoms with van der Waals surface area (Å²) in [6.45, 7) is 0. The molecule has 0 radical (unpaired) electrons. The largest absolute Gasteiger partial charge is 0.361 e. The van der Waals surface area contributed by atoms with Gasteiger partial charge in [-0.25, -0.2) is 0 Å². The first kappa shape index (κ1) is 22.4. The third kappa shape index (κ3) is 4.01. The Balaban J connectivity index is 1.49. The first-order chi connectivity index (χ1) is 18.8. The van der Waals surface area contributed by atoms with E-state index in [-0.39, 0.29) is 0 Å². The molecule has 182 valence electrons. The monoisotopic (exact) mass is 488 g/mol. The van der Waals surface area contributed by atoms with Crippen LogP contribution in [-0.2, 0) is 0 Å². The Hall–Kier alpha value is -4.82. The van der Waals surface area contributed by atoms with Crippen molar-refractivity contribution in [1.29, 1.82) is 0 Å². The highest BCUT2D eigenvalue weighted by Crippen LogP contribution is 2.44. The minimum atomic E-state index is 1.01. The quantitative estimate of drug-likeness (QED) is 0.266. The normalized spacial score (nSPS) is 15.3.